The van der Waals surface area contributed by atoms with E-state index in [1.165, 1.54) is 12.1 Å². The first-order chi connectivity index (χ1) is 13.6. The molecule has 1 N–H and O–H groups in total. The minimum Gasteiger partial charge on any atom is -0.307 e. The van der Waals surface area contributed by atoms with Crippen molar-refractivity contribution < 1.29 is 8.78 Å². The number of halogens is 2. The van der Waals surface area contributed by atoms with E-state index in [0.29, 0.717) is 24.5 Å². The number of aromatic nitrogens is 3. The van der Waals surface area contributed by atoms with Crippen molar-refractivity contribution in [1.29, 1.82) is 0 Å². The molecule has 0 spiro atoms. The van der Waals surface area contributed by atoms with Crippen LogP contribution >= 0.6 is 0 Å². The number of pyridine rings is 1. The molecule has 1 aliphatic heterocycles. The Bertz CT molecular complexity index is 1020. The van der Waals surface area contributed by atoms with Crippen LogP contribution < -0.4 is 5.56 Å². The molecular formula is C21H20F2N4O. The molecule has 7 heteroatoms. The maximum absolute atomic E-state index is 14.0. The van der Waals surface area contributed by atoms with Crippen molar-refractivity contribution in [3.05, 3.63) is 82.0 Å². The lowest BCUT2D eigenvalue weighted by Gasteiger charge is -2.32. The number of aromatic amines is 1. The van der Waals surface area contributed by atoms with Crippen LogP contribution in [0.3, 0.4) is 0 Å². The monoisotopic (exact) mass is 382 g/mol. The van der Waals surface area contributed by atoms with Crippen molar-refractivity contribution in [3.8, 4) is 11.4 Å². The molecule has 3 heterocycles. The summed E-state index contributed by atoms with van der Waals surface area (Å²) >= 11 is 0. The molecule has 1 fully saturated rings. The second kappa shape index (κ2) is 7.98. The molecule has 1 aromatic carbocycles. The number of rotatable bonds is 4. The highest BCUT2D eigenvalue weighted by Crippen LogP contribution is 2.27. The Morgan fingerprint density at radius 1 is 1.18 bits per heavy atom. The molecule has 1 unspecified atom stereocenters. The van der Waals surface area contributed by atoms with Crippen molar-refractivity contribution in [2.45, 2.75) is 25.3 Å². The highest BCUT2D eigenvalue weighted by Gasteiger charge is 2.24. The summed E-state index contributed by atoms with van der Waals surface area (Å²) in [7, 11) is 0. The molecule has 0 radical (unpaired) electrons. The Kier molecular flexibility index (Phi) is 5.25. The molecule has 1 aliphatic rings. The molecule has 4 rings (SSSR count). The molecule has 3 aromatic rings. The minimum absolute atomic E-state index is 0.0632. The Labute approximate surface area is 161 Å². The number of piperidine rings is 1. The first kappa shape index (κ1) is 18.4. The molecular weight excluding hydrogens is 362 g/mol. The molecule has 1 atom stereocenters. The Morgan fingerprint density at radius 2 is 2.00 bits per heavy atom. The van der Waals surface area contributed by atoms with Crippen molar-refractivity contribution in [3.63, 3.8) is 0 Å². The van der Waals surface area contributed by atoms with E-state index >= 15 is 0 Å². The van der Waals surface area contributed by atoms with Gasteiger partial charge in [-0.25, -0.2) is 13.8 Å². The summed E-state index contributed by atoms with van der Waals surface area (Å²) < 4.78 is 27.5. The third-order valence-corrected chi connectivity index (χ3v) is 5.06. The van der Waals surface area contributed by atoms with E-state index in [-0.39, 0.29) is 11.5 Å². The maximum atomic E-state index is 14.0. The Hall–Kier alpha value is -2.93. The smallest absolute Gasteiger partial charge is 0.251 e. The minimum atomic E-state index is -0.829. The zero-order chi connectivity index (χ0) is 19.5. The van der Waals surface area contributed by atoms with Gasteiger partial charge >= 0.3 is 0 Å². The van der Waals surface area contributed by atoms with E-state index in [1.807, 2.05) is 0 Å². The van der Waals surface area contributed by atoms with Gasteiger partial charge in [-0.3, -0.25) is 14.7 Å². The van der Waals surface area contributed by atoms with Crippen LogP contribution in [0.5, 0.6) is 0 Å². The first-order valence-corrected chi connectivity index (χ1v) is 9.27. The molecule has 0 saturated carbocycles. The largest absolute Gasteiger partial charge is 0.307 e. The number of hydrogen-bond donors (Lipinski definition) is 1. The molecule has 28 heavy (non-hydrogen) atoms. The van der Waals surface area contributed by atoms with Gasteiger partial charge in [0.1, 0.15) is 5.82 Å². The highest BCUT2D eigenvalue weighted by atomic mass is 19.2. The third-order valence-electron chi connectivity index (χ3n) is 5.06. The second-order valence-corrected chi connectivity index (χ2v) is 7.04. The summed E-state index contributed by atoms with van der Waals surface area (Å²) in [6, 6.07) is 9.37. The van der Waals surface area contributed by atoms with E-state index in [1.54, 1.807) is 30.6 Å². The van der Waals surface area contributed by atoms with Gasteiger partial charge in [0.25, 0.3) is 5.56 Å². The predicted molar refractivity (Wildman–Crippen MR) is 102 cm³/mol. The van der Waals surface area contributed by atoms with Crippen LogP contribution in [0.1, 0.15) is 30.0 Å². The number of hydrogen-bond acceptors (Lipinski definition) is 4. The fourth-order valence-corrected chi connectivity index (χ4v) is 3.68. The van der Waals surface area contributed by atoms with Crippen molar-refractivity contribution in [1.82, 2.24) is 19.9 Å². The number of H-pyrrole nitrogens is 1. The van der Waals surface area contributed by atoms with Crippen LogP contribution in [0.2, 0.25) is 0 Å². The first-order valence-electron chi connectivity index (χ1n) is 9.27. The van der Waals surface area contributed by atoms with Gasteiger partial charge in [-0.1, -0.05) is 12.1 Å². The summed E-state index contributed by atoms with van der Waals surface area (Å²) in [5.74, 6) is -1.05. The lowest BCUT2D eigenvalue weighted by atomic mass is 9.94. The summed E-state index contributed by atoms with van der Waals surface area (Å²) in [6.07, 6.45) is 5.10. The molecule has 2 aromatic heterocycles. The average Bonchev–Trinajstić information content (AvgIpc) is 2.72. The summed E-state index contributed by atoms with van der Waals surface area (Å²) in [6.45, 7) is 1.77. The van der Waals surface area contributed by atoms with Gasteiger partial charge in [-0.15, -0.1) is 0 Å². The molecule has 0 bridgehead atoms. The van der Waals surface area contributed by atoms with Crippen LogP contribution in [-0.4, -0.2) is 32.9 Å². The molecule has 5 nitrogen and oxygen atoms in total. The average molecular weight is 382 g/mol. The standard InChI is InChI=1S/C21H20F2N4O/c22-17-5-1-3-16(20(17)23)13-27-10-2-4-15(12-27)18-11-19(28)26-21(25-18)14-6-8-24-9-7-14/h1,3,5-9,11,15H,2,4,10,12-13H2,(H,25,26,28). The third kappa shape index (κ3) is 3.99. The van der Waals surface area contributed by atoms with E-state index < -0.39 is 11.6 Å². The fourth-order valence-electron chi connectivity index (χ4n) is 3.68. The number of nitrogens with zero attached hydrogens (tertiary/aromatic N) is 3. The number of benzene rings is 1. The summed E-state index contributed by atoms with van der Waals surface area (Å²) in [5, 5.41) is 0. The molecule has 144 valence electrons. The van der Waals surface area contributed by atoms with E-state index in [2.05, 4.69) is 19.9 Å². The van der Waals surface area contributed by atoms with Crippen LogP contribution in [0.4, 0.5) is 8.78 Å². The summed E-state index contributed by atoms with van der Waals surface area (Å²) in [4.78, 5) is 25.7. The van der Waals surface area contributed by atoms with Crippen LogP contribution in [-0.2, 0) is 6.54 Å². The van der Waals surface area contributed by atoms with Gasteiger partial charge in [-0.2, -0.15) is 0 Å². The zero-order valence-electron chi connectivity index (χ0n) is 15.2. The van der Waals surface area contributed by atoms with E-state index in [4.69, 9.17) is 0 Å². The second-order valence-electron chi connectivity index (χ2n) is 7.04. The van der Waals surface area contributed by atoms with Gasteiger partial charge in [0.15, 0.2) is 11.6 Å². The lowest BCUT2D eigenvalue weighted by molar-refractivity contribution is 0.195. The molecule has 0 aliphatic carbocycles. The Morgan fingerprint density at radius 3 is 2.82 bits per heavy atom. The molecule has 0 amide bonds. The zero-order valence-corrected chi connectivity index (χ0v) is 15.2. The van der Waals surface area contributed by atoms with Crippen LogP contribution in [0.25, 0.3) is 11.4 Å². The SMILES string of the molecule is O=c1cc(C2CCCN(Cc3cccc(F)c3F)C2)nc(-c2ccncc2)[nH]1. The van der Waals surface area contributed by atoms with Gasteiger partial charge in [-0.05, 0) is 37.6 Å². The fraction of sp³-hybridized carbons (Fsp3) is 0.286. The topological polar surface area (TPSA) is 61.9 Å². The van der Waals surface area contributed by atoms with E-state index in [0.717, 1.165) is 36.7 Å². The number of likely N-dealkylation sites (tertiary alicyclic amines) is 1. The molecule has 1 saturated heterocycles. The maximum Gasteiger partial charge on any atom is 0.251 e. The van der Waals surface area contributed by atoms with Crippen LogP contribution in [0, 0.1) is 11.6 Å². The van der Waals surface area contributed by atoms with E-state index in [9.17, 15) is 13.6 Å². The number of nitrogens with one attached hydrogen (secondary N) is 1. The summed E-state index contributed by atoms with van der Waals surface area (Å²) in [5.41, 5.74) is 1.66. The van der Waals surface area contributed by atoms with Crippen molar-refractivity contribution in [2.75, 3.05) is 13.1 Å². The van der Waals surface area contributed by atoms with Gasteiger partial charge in [0, 0.05) is 48.6 Å². The normalized spacial score (nSPS) is 17.6. The highest BCUT2D eigenvalue weighted by molar-refractivity contribution is 5.53. The van der Waals surface area contributed by atoms with Gasteiger partial charge < -0.3 is 4.98 Å². The van der Waals surface area contributed by atoms with Gasteiger partial charge in [0.05, 0.1) is 5.69 Å². The lowest BCUT2D eigenvalue weighted by Crippen LogP contribution is -2.35. The quantitative estimate of drug-likeness (QED) is 0.750. The van der Waals surface area contributed by atoms with Crippen LogP contribution in [0.15, 0.2) is 53.6 Å². The van der Waals surface area contributed by atoms with Crippen molar-refractivity contribution in [2.24, 2.45) is 0 Å². The Balaban J connectivity index is 1.56. The predicted octanol–water partition coefficient (Wildman–Crippen LogP) is 3.49. The van der Waals surface area contributed by atoms with Gasteiger partial charge in [0.2, 0.25) is 0 Å². The van der Waals surface area contributed by atoms with Crippen molar-refractivity contribution >= 4 is 0 Å².